The first-order valence-corrected chi connectivity index (χ1v) is 10.2. The first-order valence-electron chi connectivity index (χ1n) is 10.2. The minimum absolute atomic E-state index is 0.212. The summed E-state index contributed by atoms with van der Waals surface area (Å²) in [6.45, 7) is 7.18. The number of benzene rings is 2. The van der Waals surface area contributed by atoms with Crippen LogP contribution >= 0.6 is 0 Å². The van der Waals surface area contributed by atoms with Gasteiger partial charge in [0.15, 0.2) is 18.1 Å². The molecule has 0 fully saturated rings. The predicted molar refractivity (Wildman–Crippen MR) is 118 cm³/mol. The van der Waals surface area contributed by atoms with E-state index in [2.05, 4.69) is 36.2 Å². The molecule has 0 unspecified atom stereocenters. The van der Waals surface area contributed by atoms with Gasteiger partial charge in [0.1, 0.15) is 0 Å². The van der Waals surface area contributed by atoms with Gasteiger partial charge in [0, 0.05) is 18.7 Å². The van der Waals surface area contributed by atoms with Crippen LogP contribution in [0, 0.1) is 0 Å². The van der Waals surface area contributed by atoms with Crippen molar-refractivity contribution in [3.63, 3.8) is 0 Å². The molecule has 8 heteroatoms. The summed E-state index contributed by atoms with van der Waals surface area (Å²) >= 11 is 0. The van der Waals surface area contributed by atoms with Crippen LogP contribution in [0.25, 0.3) is 0 Å². The molecule has 3 N–H and O–H groups in total. The van der Waals surface area contributed by atoms with Gasteiger partial charge < -0.3 is 25.3 Å². The van der Waals surface area contributed by atoms with Gasteiger partial charge in [-0.05, 0) is 36.3 Å². The van der Waals surface area contributed by atoms with E-state index < -0.39 is 5.91 Å². The Morgan fingerprint density at radius 1 is 1.00 bits per heavy atom. The van der Waals surface area contributed by atoms with Crippen LogP contribution in [-0.4, -0.2) is 50.6 Å². The average molecular weight is 430 g/mol. The maximum Gasteiger partial charge on any atom is 0.255 e. The Labute approximate surface area is 183 Å². The van der Waals surface area contributed by atoms with Gasteiger partial charge in [-0.3, -0.25) is 14.5 Å². The van der Waals surface area contributed by atoms with Gasteiger partial charge in [0.25, 0.3) is 11.8 Å². The highest BCUT2D eigenvalue weighted by Crippen LogP contribution is 2.38. The van der Waals surface area contributed by atoms with Crippen LogP contribution in [0.1, 0.15) is 35.3 Å². The summed E-state index contributed by atoms with van der Waals surface area (Å²) in [5.41, 5.74) is 7.70. The van der Waals surface area contributed by atoms with Gasteiger partial charge in [-0.15, -0.1) is 0 Å². The zero-order valence-electron chi connectivity index (χ0n) is 18.6. The molecule has 0 aliphatic rings. The van der Waals surface area contributed by atoms with E-state index in [4.69, 9.17) is 19.9 Å². The second-order valence-corrected chi connectivity index (χ2v) is 6.93. The molecule has 168 valence electrons. The first kappa shape index (κ1) is 24.0. The lowest BCUT2D eigenvalue weighted by molar-refractivity contribution is -0.120. The topological polar surface area (TPSA) is 103 Å². The lowest BCUT2D eigenvalue weighted by Crippen LogP contribution is -2.24. The van der Waals surface area contributed by atoms with E-state index in [9.17, 15) is 9.59 Å². The third kappa shape index (κ3) is 6.89. The molecule has 0 saturated heterocycles. The van der Waals surface area contributed by atoms with Crippen molar-refractivity contribution >= 4 is 11.8 Å². The molecule has 0 saturated carbocycles. The number of carbonyl (C=O) groups is 2. The summed E-state index contributed by atoms with van der Waals surface area (Å²) in [5.74, 6) is -0.162. The van der Waals surface area contributed by atoms with Crippen LogP contribution in [0.3, 0.4) is 0 Å². The second kappa shape index (κ2) is 11.8. The zero-order valence-corrected chi connectivity index (χ0v) is 18.6. The minimum atomic E-state index is -0.630. The fraction of sp³-hybridized carbons (Fsp3) is 0.391. The number of hydrogen-bond donors (Lipinski definition) is 2. The Morgan fingerprint density at radius 3 is 2.16 bits per heavy atom. The van der Waals surface area contributed by atoms with Crippen molar-refractivity contribution in [2.75, 3.05) is 33.9 Å². The molecule has 0 aromatic heterocycles. The number of nitrogens with one attached hydrogen (secondary N) is 1. The number of hydrogen-bond acceptors (Lipinski definition) is 6. The Morgan fingerprint density at radius 2 is 1.61 bits per heavy atom. The lowest BCUT2D eigenvalue weighted by Gasteiger charge is -2.18. The van der Waals surface area contributed by atoms with Crippen LogP contribution in [0.15, 0.2) is 36.4 Å². The molecule has 2 aromatic carbocycles. The maximum atomic E-state index is 12.7. The third-order valence-electron chi connectivity index (χ3n) is 4.83. The summed E-state index contributed by atoms with van der Waals surface area (Å²) in [6, 6.07) is 11.2. The average Bonchev–Trinajstić information content (AvgIpc) is 2.79. The van der Waals surface area contributed by atoms with Crippen LogP contribution in [-0.2, 0) is 17.9 Å². The van der Waals surface area contributed by atoms with E-state index in [1.165, 1.54) is 31.9 Å². The number of nitrogens with two attached hydrogens (primary N) is 1. The van der Waals surface area contributed by atoms with Crippen molar-refractivity contribution in [1.82, 2.24) is 10.2 Å². The second-order valence-electron chi connectivity index (χ2n) is 6.93. The number of amides is 2. The molecule has 2 rings (SSSR count). The SMILES string of the molecule is CCN(CC)Cc1cccc(CNC(=O)c2cc(OC)c(OCC(N)=O)c(OC)c2)c1. The van der Waals surface area contributed by atoms with Crippen molar-refractivity contribution < 1.29 is 23.8 Å². The van der Waals surface area contributed by atoms with Gasteiger partial charge in [0.2, 0.25) is 5.75 Å². The van der Waals surface area contributed by atoms with Gasteiger partial charge in [-0.25, -0.2) is 0 Å². The van der Waals surface area contributed by atoms with Crippen molar-refractivity contribution in [2.45, 2.75) is 26.9 Å². The van der Waals surface area contributed by atoms with Gasteiger partial charge in [-0.1, -0.05) is 38.1 Å². The highest BCUT2D eigenvalue weighted by Gasteiger charge is 2.18. The van der Waals surface area contributed by atoms with Gasteiger partial charge in [0.05, 0.1) is 14.2 Å². The molecule has 0 atom stereocenters. The number of ether oxygens (including phenoxy) is 3. The minimum Gasteiger partial charge on any atom is -0.493 e. The standard InChI is InChI=1S/C23H31N3O5/c1-5-26(6-2)14-17-9-7-8-16(10-17)13-25-23(28)18-11-19(29-3)22(20(12-18)30-4)31-15-21(24)27/h7-12H,5-6,13-15H2,1-4H3,(H2,24,27)(H,25,28). The Bertz CT molecular complexity index is 872. The molecular formula is C23H31N3O5. The molecule has 0 aliphatic heterocycles. The molecule has 2 aromatic rings. The normalized spacial score (nSPS) is 10.6. The van der Waals surface area contributed by atoms with Gasteiger partial charge >= 0.3 is 0 Å². The smallest absolute Gasteiger partial charge is 0.255 e. The summed E-state index contributed by atoms with van der Waals surface area (Å²) in [5, 5.41) is 2.92. The van der Waals surface area contributed by atoms with Crippen LogP contribution in [0.5, 0.6) is 17.2 Å². The maximum absolute atomic E-state index is 12.7. The Balaban J connectivity index is 2.12. The first-order chi connectivity index (χ1) is 14.9. The highest BCUT2D eigenvalue weighted by molar-refractivity contribution is 5.95. The third-order valence-corrected chi connectivity index (χ3v) is 4.83. The monoisotopic (exact) mass is 429 g/mol. The van der Waals surface area contributed by atoms with E-state index in [1.807, 2.05) is 12.1 Å². The molecule has 0 heterocycles. The summed E-state index contributed by atoms with van der Waals surface area (Å²) in [4.78, 5) is 26.1. The van der Waals surface area contributed by atoms with Crippen molar-refractivity contribution in [1.29, 1.82) is 0 Å². The fourth-order valence-corrected chi connectivity index (χ4v) is 3.12. The highest BCUT2D eigenvalue weighted by atomic mass is 16.5. The lowest BCUT2D eigenvalue weighted by atomic mass is 10.1. The number of methoxy groups -OCH3 is 2. The molecule has 31 heavy (non-hydrogen) atoms. The Kier molecular flexibility index (Phi) is 9.14. The van der Waals surface area contributed by atoms with Crippen molar-refractivity contribution in [2.24, 2.45) is 5.73 Å². The zero-order chi connectivity index (χ0) is 22.8. The quantitative estimate of drug-likeness (QED) is 0.537. The number of carbonyl (C=O) groups excluding carboxylic acids is 2. The molecule has 2 amide bonds. The van der Waals surface area contributed by atoms with Gasteiger partial charge in [-0.2, -0.15) is 0 Å². The largest absolute Gasteiger partial charge is 0.493 e. The molecular weight excluding hydrogens is 398 g/mol. The van der Waals surface area contributed by atoms with E-state index in [1.54, 1.807) is 0 Å². The van der Waals surface area contributed by atoms with Crippen LogP contribution < -0.4 is 25.3 Å². The fourth-order valence-electron chi connectivity index (χ4n) is 3.12. The van der Waals surface area contributed by atoms with Crippen molar-refractivity contribution in [3.05, 3.63) is 53.1 Å². The predicted octanol–water partition coefficient (Wildman–Crippen LogP) is 2.34. The number of rotatable bonds is 12. The number of primary amides is 1. The van der Waals surface area contributed by atoms with E-state index in [0.29, 0.717) is 12.1 Å². The molecule has 0 bridgehead atoms. The van der Waals surface area contributed by atoms with Crippen molar-refractivity contribution in [3.8, 4) is 17.2 Å². The van der Waals surface area contributed by atoms with E-state index in [-0.39, 0.29) is 29.8 Å². The van der Waals surface area contributed by atoms with E-state index >= 15 is 0 Å². The summed E-state index contributed by atoms with van der Waals surface area (Å²) < 4.78 is 16.0. The van der Waals surface area contributed by atoms with Crippen LogP contribution in [0.2, 0.25) is 0 Å². The molecule has 0 spiro atoms. The van der Waals surface area contributed by atoms with Crippen LogP contribution in [0.4, 0.5) is 0 Å². The molecule has 0 radical (unpaired) electrons. The number of nitrogens with zero attached hydrogens (tertiary/aromatic N) is 1. The summed E-state index contributed by atoms with van der Waals surface area (Å²) in [7, 11) is 2.88. The van der Waals surface area contributed by atoms with E-state index in [0.717, 1.165) is 25.2 Å². The molecule has 0 aliphatic carbocycles. The summed E-state index contributed by atoms with van der Waals surface area (Å²) in [6.07, 6.45) is 0. The molecule has 8 nitrogen and oxygen atoms in total. The Hall–Kier alpha value is -3.26.